The van der Waals surface area contributed by atoms with Gasteiger partial charge >= 0.3 is 6.03 Å². The van der Waals surface area contributed by atoms with Crippen molar-refractivity contribution in [2.45, 2.75) is 51.1 Å². The fraction of sp³-hybridized carbons (Fsp3) is 0.375. The molecule has 0 atom stereocenters. The number of hydrogen-bond acceptors (Lipinski definition) is 3. The summed E-state index contributed by atoms with van der Waals surface area (Å²) in [5.74, 6) is -0.616. The molecule has 0 heterocycles. The number of amides is 4. The molecule has 31 heavy (non-hydrogen) atoms. The van der Waals surface area contributed by atoms with Gasteiger partial charge in [-0.15, -0.1) is 0 Å². The van der Waals surface area contributed by atoms with E-state index in [1.165, 1.54) is 0 Å². The molecule has 0 radical (unpaired) electrons. The van der Waals surface area contributed by atoms with Gasteiger partial charge in [0.1, 0.15) is 5.54 Å². The molecule has 0 bridgehead atoms. The zero-order valence-corrected chi connectivity index (χ0v) is 17.9. The van der Waals surface area contributed by atoms with Crippen LogP contribution < -0.4 is 21.3 Å². The number of carbonyl (C=O) groups is 3. The van der Waals surface area contributed by atoms with Crippen LogP contribution >= 0.6 is 0 Å². The van der Waals surface area contributed by atoms with Gasteiger partial charge in [-0.3, -0.25) is 9.59 Å². The van der Waals surface area contributed by atoms with Gasteiger partial charge in [-0.05, 0) is 36.5 Å². The van der Waals surface area contributed by atoms with E-state index in [1.54, 1.807) is 0 Å². The molecule has 7 nitrogen and oxygen atoms in total. The Labute approximate surface area is 183 Å². The molecule has 1 aliphatic rings. The van der Waals surface area contributed by atoms with E-state index in [1.807, 2.05) is 61.5 Å². The number of rotatable bonds is 8. The van der Waals surface area contributed by atoms with Crippen LogP contribution in [0.3, 0.4) is 0 Å². The van der Waals surface area contributed by atoms with E-state index in [4.69, 9.17) is 0 Å². The van der Waals surface area contributed by atoms with Crippen LogP contribution in [0.4, 0.5) is 10.5 Å². The highest BCUT2D eigenvalue weighted by molar-refractivity contribution is 5.97. The topological polar surface area (TPSA) is 99.3 Å². The summed E-state index contributed by atoms with van der Waals surface area (Å²) in [6, 6.07) is 16.8. The van der Waals surface area contributed by atoms with Gasteiger partial charge in [0.25, 0.3) is 0 Å². The summed E-state index contributed by atoms with van der Waals surface area (Å²) in [6.07, 6.45) is 3.61. The zero-order chi connectivity index (χ0) is 22.1. The second-order valence-corrected chi connectivity index (χ2v) is 7.82. The summed E-state index contributed by atoms with van der Waals surface area (Å²) in [7, 11) is 0. The Morgan fingerprint density at radius 1 is 0.903 bits per heavy atom. The number of carbonyl (C=O) groups excluding carboxylic acids is 3. The second kappa shape index (κ2) is 10.6. The minimum atomic E-state index is -0.984. The molecule has 0 aliphatic heterocycles. The van der Waals surface area contributed by atoms with Crippen molar-refractivity contribution in [1.29, 1.82) is 0 Å². The molecule has 2 aromatic carbocycles. The van der Waals surface area contributed by atoms with Crippen molar-refractivity contribution in [3.05, 3.63) is 65.7 Å². The van der Waals surface area contributed by atoms with Gasteiger partial charge < -0.3 is 21.3 Å². The molecule has 1 saturated carbocycles. The van der Waals surface area contributed by atoms with Crippen molar-refractivity contribution in [3.8, 4) is 0 Å². The third-order valence-electron chi connectivity index (χ3n) is 5.62. The van der Waals surface area contributed by atoms with Gasteiger partial charge in [-0.25, -0.2) is 4.79 Å². The number of hydrogen-bond donors (Lipinski definition) is 4. The fourth-order valence-corrected chi connectivity index (χ4v) is 3.90. The molecule has 4 amide bonds. The first kappa shape index (κ1) is 22.3. The van der Waals surface area contributed by atoms with E-state index < -0.39 is 5.54 Å². The summed E-state index contributed by atoms with van der Waals surface area (Å²) < 4.78 is 0. The number of nitrogens with one attached hydrogen (secondary N) is 4. The third kappa shape index (κ3) is 6.07. The maximum Gasteiger partial charge on any atom is 0.315 e. The lowest BCUT2D eigenvalue weighted by molar-refractivity contribution is -0.129. The molecule has 2 aromatic rings. The average molecular weight is 423 g/mol. The van der Waals surface area contributed by atoms with Crippen LogP contribution in [0.1, 0.15) is 43.7 Å². The largest absolute Gasteiger partial charge is 0.345 e. The molecule has 1 fully saturated rings. The van der Waals surface area contributed by atoms with Crippen molar-refractivity contribution in [3.63, 3.8) is 0 Å². The average Bonchev–Trinajstić information content (AvgIpc) is 3.27. The Balaban J connectivity index is 1.53. The normalized spacial score (nSPS) is 14.5. The molecule has 7 heteroatoms. The first-order valence-electron chi connectivity index (χ1n) is 10.8. The quantitative estimate of drug-likeness (QED) is 0.526. The van der Waals surface area contributed by atoms with Crippen LogP contribution in [-0.2, 0) is 22.6 Å². The van der Waals surface area contributed by atoms with E-state index in [0.29, 0.717) is 19.4 Å². The molecular formula is C24H30N4O3. The lowest BCUT2D eigenvalue weighted by atomic mass is 9.96. The number of urea groups is 1. The first-order valence-corrected chi connectivity index (χ1v) is 10.8. The minimum Gasteiger partial charge on any atom is -0.345 e. The van der Waals surface area contributed by atoms with Gasteiger partial charge in [0.2, 0.25) is 11.8 Å². The number of anilines is 1. The predicted octanol–water partition coefficient (Wildman–Crippen LogP) is 3.12. The van der Waals surface area contributed by atoms with Crippen LogP contribution in [0.5, 0.6) is 0 Å². The van der Waals surface area contributed by atoms with E-state index in [2.05, 4.69) is 21.3 Å². The highest BCUT2D eigenvalue weighted by atomic mass is 16.2. The Kier molecular flexibility index (Phi) is 7.65. The van der Waals surface area contributed by atoms with Crippen molar-refractivity contribution >= 4 is 23.5 Å². The van der Waals surface area contributed by atoms with Gasteiger partial charge in [-0.1, -0.05) is 68.3 Å². The van der Waals surface area contributed by atoms with Crippen molar-refractivity contribution < 1.29 is 14.4 Å². The Morgan fingerprint density at radius 3 is 2.29 bits per heavy atom. The first-order chi connectivity index (χ1) is 15.0. The van der Waals surface area contributed by atoms with Crippen LogP contribution in [0.25, 0.3) is 0 Å². The molecule has 1 aliphatic carbocycles. The predicted molar refractivity (Wildman–Crippen MR) is 120 cm³/mol. The molecule has 0 saturated heterocycles. The number of para-hydroxylation sites is 1. The summed E-state index contributed by atoms with van der Waals surface area (Å²) in [5.41, 5.74) is 1.78. The van der Waals surface area contributed by atoms with Crippen molar-refractivity contribution in [2.24, 2.45) is 0 Å². The molecule has 164 valence electrons. The van der Waals surface area contributed by atoms with Crippen molar-refractivity contribution in [1.82, 2.24) is 16.0 Å². The molecule has 0 spiro atoms. The lowest BCUT2D eigenvalue weighted by Gasteiger charge is -2.29. The van der Waals surface area contributed by atoms with Crippen molar-refractivity contribution in [2.75, 3.05) is 11.9 Å². The third-order valence-corrected chi connectivity index (χ3v) is 5.62. The standard InChI is InChI=1S/C24H30N4O3/c1-2-19-12-6-7-13-20(19)27-21(29)17-25-22(30)24(14-8-9-15-24)28-23(31)26-16-18-10-4-3-5-11-18/h3-7,10-13H,2,8-9,14-17H2,1H3,(H,25,30)(H,27,29)(H2,26,28,31). The van der Waals surface area contributed by atoms with E-state index in [-0.39, 0.29) is 24.4 Å². The van der Waals surface area contributed by atoms with E-state index >= 15 is 0 Å². The van der Waals surface area contributed by atoms with Gasteiger partial charge in [-0.2, -0.15) is 0 Å². The van der Waals surface area contributed by atoms with Crippen LogP contribution in [0.15, 0.2) is 54.6 Å². The summed E-state index contributed by atoms with van der Waals surface area (Å²) in [5, 5.41) is 11.2. The summed E-state index contributed by atoms with van der Waals surface area (Å²) in [4.78, 5) is 37.7. The molecule has 0 aromatic heterocycles. The monoisotopic (exact) mass is 422 g/mol. The highest BCUT2D eigenvalue weighted by Gasteiger charge is 2.42. The second-order valence-electron chi connectivity index (χ2n) is 7.82. The smallest absolute Gasteiger partial charge is 0.315 e. The fourth-order valence-electron chi connectivity index (χ4n) is 3.90. The van der Waals surface area contributed by atoms with E-state index in [9.17, 15) is 14.4 Å². The molecule has 3 rings (SSSR count). The Bertz CT molecular complexity index is 908. The Hall–Kier alpha value is -3.35. The molecule has 4 N–H and O–H groups in total. The van der Waals surface area contributed by atoms with Crippen LogP contribution in [0.2, 0.25) is 0 Å². The van der Waals surface area contributed by atoms with Gasteiger partial charge in [0.05, 0.1) is 6.54 Å². The summed E-state index contributed by atoms with van der Waals surface area (Å²) >= 11 is 0. The molecule has 0 unspecified atom stereocenters. The lowest BCUT2D eigenvalue weighted by Crippen LogP contribution is -2.59. The van der Waals surface area contributed by atoms with Crippen LogP contribution in [0, 0.1) is 0 Å². The minimum absolute atomic E-state index is 0.147. The maximum absolute atomic E-state index is 12.9. The SMILES string of the molecule is CCc1ccccc1NC(=O)CNC(=O)C1(NC(=O)NCc2ccccc2)CCCC1. The number of benzene rings is 2. The van der Waals surface area contributed by atoms with Gasteiger partial charge in [0, 0.05) is 12.2 Å². The summed E-state index contributed by atoms with van der Waals surface area (Å²) in [6.45, 7) is 2.25. The number of aryl methyl sites for hydroxylation is 1. The van der Waals surface area contributed by atoms with E-state index in [0.717, 1.165) is 36.1 Å². The van der Waals surface area contributed by atoms with Gasteiger partial charge in [0.15, 0.2) is 0 Å². The Morgan fingerprint density at radius 2 is 1.58 bits per heavy atom. The molecular weight excluding hydrogens is 392 g/mol. The van der Waals surface area contributed by atoms with Crippen LogP contribution in [-0.4, -0.2) is 29.9 Å². The maximum atomic E-state index is 12.9. The zero-order valence-electron chi connectivity index (χ0n) is 17.9. The highest BCUT2D eigenvalue weighted by Crippen LogP contribution is 2.30.